The number of likely N-dealkylation sites (N-methyl/N-ethyl adjacent to an activating group) is 1. The van der Waals surface area contributed by atoms with Gasteiger partial charge in [0.05, 0.1) is 19.4 Å². The van der Waals surface area contributed by atoms with Gasteiger partial charge in [-0.05, 0) is 42.3 Å². The number of fused-ring (bicyclic) bond motifs is 1. The van der Waals surface area contributed by atoms with Crippen molar-refractivity contribution in [1.29, 1.82) is 0 Å². The number of ether oxygens (including phenoxy) is 1. The van der Waals surface area contributed by atoms with Gasteiger partial charge in [0.2, 0.25) is 20.0 Å². The van der Waals surface area contributed by atoms with Gasteiger partial charge >= 0.3 is 0 Å². The number of halogens is 1. The van der Waals surface area contributed by atoms with Gasteiger partial charge in [0.1, 0.15) is 22.6 Å². The summed E-state index contributed by atoms with van der Waals surface area (Å²) in [5.74, 6) is -0.707. The lowest BCUT2D eigenvalue weighted by molar-refractivity contribution is 0.0906. The predicted octanol–water partition coefficient (Wildman–Crippen LogP) is 2.15. The summed E-state index contributed by atoms with van der Waals surface area (Å²) in [7, 11) is -6.07. The van der Waals surface area contributed by atoms with Gasteiger partial charge < -0.3 is 9.84 Å². The SMILES string of the molecule is C[C@H](CO)N1C[C@H](C)[C@@H](CN(C)S(C)(=O)=O)Oc2cc(-c3ccc(F)cc3)ccc2S1(=O)=O. The maximum Gasteiger partial charge on any atom is 0.247 e. The van der Waals surface area contributed by atoms with Crippen molar-refractivity contribution in [3.8, 4) is 16.9 Å². The van der Waals surface area contributed by atoms with Crippen molar-refractivity contribution in [3.63, 3.8) is 0 Å². The zero-order valence-corrected chi connectivity index (χ0v) is 20.6. The largest absolute Gasteiger partial charge is 0.487 e. The highest BCUT2D eigenvalue weighted by molar-refractivity contribution is 7.89. The summed E-state index contributed by atoms with van der Waals surface area (Å²) in [6, 6.07) is 9.67. The molecule has 0 fully saturated rings. The summed E-state index contributed by atoms with van der Waals surface area (Å²) in [5.41, 5.74) is 1.29. The van der Waals surface area contributed by atoms with Crippen molar-refractivity contribution in [3.05, 3.63) is 48.3 Å². The van der Waals surface area contributed by atoms with Gasteiger partial charge in [0.15, 0.2) is 0 Å². The van der Waals surface area contributed by atoms with E-state index in [0.717, 1.165) is 10.6 Å². The van der Waals surface area contributed by atoms with Gasteiger partial charge in [0.25, 0.3) is 0 Å². The lowest BCUT2D eigenvalue weighted by Gasteiger charge is -2.37. The zero-order valence-electron chi connectivity index (χ0n) is 19.0. The van der Waals surface area contributed by atoms with E-state index < -0.39 is 38.0 Å². The molecule has 0 saturated carbocycles. The first kappa shape index (κ1) is 25.6. The van der Waals surface area contributed by atoms with Gasteiger partial charge in [0, 0.05) is 25.6 Å². The fourth-order valence-electron chi connectivity index (χ4n) is 3.65. The molecule has 0 unspecified atom stereocenters. The molecule has 2 aromatic rings. The molecule has 1 heterocycles. The maximum atomic E-state index is 13.5. The van der Waals surface area contributed by atoms with Crippen LogP contribution in [0.5, 0.6) is 5.75 Å². The van der Waals surface area contributed by atoms with E-state index in [1.54, 1.807) is 38.1 Å². The molecule has 1 aliphatic heterocycles. The third-order valence-electron chi connectivity index (χ3n) is 5.85. The zero-order chi connectivity index (χ0) is 24.6. The average molecular weight is 501 g/mol. The summed E-state index contributed by atoms with van der Waals surface area (Å²) in [6.07, 6.45) is 0.432. The molecule has 3 rings (SSSR count). The highest BCUT2D eigenvalue weighted by Gasteiger charge is 2.38. The molecule has 0 aromatic heterocycles. The van der Waals surface area contributed by atoms with Crippen molar-refractivity contribution in [2.24, 2.45) is 5.92 Å². The normalized spacial score (nSPS) is 22.2. The third-order valence-corrected chi connectivity index (χ3v) is 9.15. The second kappa shape index (κ2) is 9.67. The molecule has 182 valence electrons. The van der Waals surface area contributed by atoms with Crippen LogP contribution in [0.25, 0.3) is 11.1 Å². The number of benzene rings is 2. The van der Waals surface area contributed by atoms with E-state index >= 15 is 0 Å². The standard InChI is InChI=1S/C22H29FN2O6S2/c1-15-12-25(16(2)14-26)33(29,30)22-10-7-18(17-5-8-19(23)9-6-17)11-20(22)31-21(15)13-24(3)32(4,27)28/h5-11,15-16,21,26H,12-14H2,1-4H3/t15-,16+,21+/m0/s1. The quantitative estimate of drug-likeness (QED) is 0.652. The molecule has 0 bridgehead atoms. The Morgan fingerprint density at radius 3 is 2.39 bits per heavy atom. The molecule has 0 amide bonds. The van der Waals surface area contributed by atoms with Crippen molar-refractivity contribution >= 4 is 20.0 Å². The first-order valence-corrected chi connectivity index (χ1v) is 13.7. The predicted molar refractivity (Wildman–Crippen MR) is 123 cm³/mol. The van der Waals surface area contributed by atoms with Gasteiger partial charge in [-0.25, -0.2) is 25.5 Å². The molecule has 1 aliphatic rings. The van der Waals surface area contributed by atoms with E-state index in [9.17, 15) is 26.3 Å². The summed E-state index contributed by atoms with van der Waals surface area (Å²) >= 11 is 0. The fourth-order valence-corrected chi connectivity index (χ4v) is 5.90. The van der Waals surface area contributed by atoms with E-state index in [1.165, 1.54) is 29.6 Å². The number of hydrogen-bond donors (Lipinski definition) is 1. The second-order valence-electron chi connectivity index (χ2n) is 8.45. The Kier molecular flexibility index (Phi) is 7.49. The molecule has 0 spiro atoms. The Morgan fingerprint density at radius 1 is 1.21 bits per heavy atom. The van der Waals surface area contributed by atoms with Crippen LogP contribution in [-0.4, -0.2) is 75.7 Å². The average Bonchev–Trinajstić information content (AvgIpc) is 2.75. The molecule has 2 aromatic carbocycles. The Labute approximate surface area is 194 Å². The van der Waals surface area contributed by atoms with E-state index in [-0.39, 0.29) is 36.3 Å². The number of nitrogens with zero attached hydrogens (tertiary/aromatic N) is 2. The molecular formula is C22H29FN2O6S2. The Balaban J connectivity index is 2.14. The fraction of sp³-hybridized carbons (Fsp3) is 0.455. The van der Waals surface area contributed by atoms with Crippen LogP contribution in [0.15, 0.2) is 47.4 Å². The van der Waals surface area contributed by atoms with E-state index in [1.807, 2.05) is 0 Å². The van der Waals surface area contributed by atoms with Gasteiger partial charge in [-0.3, -0.25) is 0 Å². The van der Waals surface area contributed by atoms with Crippen molar-refractivity contribution in [1.82, 2.24) is 8.61 Å². The van der Waals surface area contributed by atoms with Gasteiger partial charge in [-0.2, -0.15) is 4.31 Å². The van der Waals surface area contributed by atoms with Gasteiger partial charge in [-0.15, -0.1) is 0 Å². The molecule has 33 heavy (non-hydrogen) atoms. The van der Waals surface area contributed by atoms with Crippen LogP contribution in [0, 0.1) is 11.7 Å². The van der Waals surface area contributed by atoms with Crippen molar-refractivity contribution in [2.45, 2.75) is 30.9 Å². The van der Waals surface area contributed by atoms with Crippen LogP contribution >= 0.6 is 0 Å². The topological polar surface area (TPSA) is 104 Å². The van der Waals surface area contributed by atoms with Crippen LogP contribution in [-0.2, 0) is 20.0 Å². The van der Waals surface area contributed by atoms with Crippen LogP contribution < -0.4 is 4.74 Å². The van der Waals surface area contributed by atoms with Crippen molar-refractivity contribution in [2.75, 3.05) is 33.0 Å². The molecular weight excluding hydrogens is 471 g/mol. The minimum Gasteiger partial charge on any atom is -0.487 e. The second-order valence-corrected chi connectivity index (χ2v) is 12.4. The molecule has 0 saturated heterocycles. The highest BCUT2D eigenvalue weighted by atomic mass is 32.2. The molecule has 1 N–H and O–H groups in total. The van der Waals surface area contributed by atoms with E-state index in [2.05, 4.69) is 0 Å². The third kappa shape index (κ3) is 5.55. The number of aliphatic hydroxyl groups is 1. The Hall–Kier alpha value is -2.05. The summed E-state index contributed by atoms with van der Waals surface area (Å²) in [4.78, 5) is -0.0763. The molecule has 0 aliphatic carbocycles. The summed E-state index contributed by atoms with van der Waals surface area (Å²) in [6.45, 7) is 3.08. The smallest absolute Gasteiger partial charge is 0.247 e. The number of aliphatic hydroxyl groups excluding tert-OH is 1. The minimum atomic E-state index is -4.02. The lowest BCUT2D eigenvalue weighted by Crippen LogP contribution is -2.50. The highest BCUT2D eigenvalue weighted by Crippen LogP contribution is 2.36. The van der Waals surface area contributed by atoms with Crippen molar-refractivity contribution < 1.29 is 31.1 Å². The molecule has 11 heteroatoms. The maximum absolute atomic E-state index is 13.5. The Bertz CT molecular complexity index is 1200. The van der Waals surface area contributed by atoms with Crippen LogP contribution in [0.3, 0.4) is 0 Å². The number of sulfonamides is 2. The van der Waals surface area contributed by atoms with Crippen LogP contribution in [0.1, 0.15) is 13.8 Å². The first-order valence-electron chi connectivity index (χ1n) is 10.4. The molecule has 0 radical (unpaired) electrons. The Morgan fingerprint density at radius 2 is 1.82 bits per heavy atom. The van der Waals surface area contributed by atoms with Crippen LogP contribution in [0.2, 0.25) is 0 Å². The monoisotopic (exact) mass is 500 g/mol. The van der Waals surface area contributed by atoms with E-state index in [4.69, 9.17) is 4.74 Å². The van der Waals surface area contributed by atoms with Gasteiger partial charge in [-0.1, -0.05) is 25.1 Å². The summed E-state index contributed by atoms with van der Waals surface area (Å²) in [5, 5.41) is 9.69. The number of rotatable bonds is 6. The lowest BCUT2D eigenvalue weighted by atomic mass is 10.0. The molecule has 8 nitrogen and oxygen atoms in total. The number of hydrogen-bond acceptors (Lipinski definition) is 6. The molecule has 3 atom stereocenters. The summed E-state index contributed by atoms with van der Waals surface area (Å²) < 4.78 is 72.9. The van der Waals surface area contributed by atoms with Crippen LogP contribution in [0.4, 0.5) is 4.39 Å². The minimum absolute atomic E-state index is 0.0155. The van der Waals surface area contributed by atoms with E-state index in [0.29, 0.717) is 11.1 Å². The first-order chi connectivity index (χ1) is 15.3.